The van der Waals surface area contributed by atoms with Crippen molar-refractivity contribution < 1.29 is 8.78 Å². The number of anilines is 2. The van der Waals surface area contributed by atoms with Gasteiger partial charge in [-0.25, -0.2) is 8.78 Å². The van der Waals surface area contributed by atoms with Gasteiger partial charge in [-0.2, -0.15) is 0 Å². The third-order valence-electron chi connectivity index (χ3n) is 9.43. The lowest BCUT2D eigenvalue weighted by atomic mass is 9.93. The number of hydrogen-bond donors (Lipinski definition) is 2. The van der Waals surface area contributed by atoms with Crippen LogP contribution in [-0.2, 0) is 25.7 Å². The zero-order chi connectivity index (χ0) is 31.6. The Balaban J connectivity index is 1.40. The summed E-state index contributed by atoms with van der Waals surface area (Å²) in [5, 5.41) is 10.2. The van der Waals surface area contributed by atoms with Gasteiger partial charge in [0, 0.05) is 23.4 Å². The van der Waals surface area contributed by atoms with E-state index in [2.05, 4.69) is 79.1 Å². The molecule has 230 valence electrons. The smallest absolute Gasteiger partial charge is 0.164 e. The molecule has 0 fully saturated rings. The molecule has 1 aliphatic carbocycles. The van der Waals surface area contributed by atoms with Crippen molar-refractivity contribution in [2.24, 2.45) is 0 Å². The first-order chi connectivity index (χ1) is 22.6. The van der Waals surface area contributed by atoms with Crippen LogP contribution in [0, 0.1) is 11.6 Å². The van der Waals surface area contributed by atoms with Crippen molar-refractivity contribution in [1.29, 1.82) is 0 Å². The van der Waals surface area contributed by atoms with E-state index in [-0.39, 0.29) is 18.5 Å². The van der Waals surface area contributed by atoms with Crippen molar-refractivity contribution in [2.45, 2.75) is 51.6 Å². The summed E-state index contributed by atoms with van der Waals surface area (Å²) in [7, 11) is 0. The summed E-state index contributed by atoms with van der Waals surface area (Å²) in [4.78, 5) is 0. The third kappa shape index (κ3) is 5.53. The Morgan fingerprint density at radius 2 is 1.07 bits per heavy atom. The van der Waals surface area contributed by atoms with E-state index in [9.17, 15) is 0 Å². The van der Waals surface area contributed by atoms with Gasteiger partial charge < -0.3 is 10.6 Å². The summed E-state index contributed by atoms with van der Waals surface area (Å²) in [6.45, 7) is 4.37. The Hall–Kier alpha value is -4.96. The van der Waals surface area contributed by atoms with Crippen molar-refractivity contribution in [3.8, 4) is 0 Å². The van der Waals surface area contributed by atoms with Crippen molar-refractivity contribution >= 4 is 22.1 Å². The first-order valence-corrected chi connectivity index (χ1v) is 16.3. The lowest BCUT2D eigenvalue weighted by Gasteiger charge is -2.30. The molecule has 4 heteroatoms. The van der Waals surface area contributed by atoms with Crippen LogP contribution >= 0.6 is 0 Å². The quantitative estimate of drug-likeness (QED) is 0.162. The molecule has 0 amide bonds. The lowest BCUT2D eigenvalue weighted by molar-refractivity contribution is 0.499. The maximum atomic E-state index is 16.0. The van der Waals surface area contributed by atoms with Gasteiger partial charge in [-0.1, -0.05) is 129 Å². The van der Waals surface area contributed by atoms with Crippen LogP contribution in [0.25, 0.3) is 10.8 Å². The molecule has 2 unspecified atom stereocenters. The summed E-state index contributed by atoms with van der Waals surface area (Å²) < 4.78 is 31.5. The van der Waals surface area contributed by atoms with E-state index in [4.69, 9.17) is 0 Å². The molecular formula is C42H38F2N2. The van der Waals surface area contributed by atoms with Crippen LogP contribution in [-0.4, -0.2) is 0 Å². The maximum absolute atomic E-state index is 16.0. The predicted molar refractivity (Wildman–Crippen MR) is 187 cm³/mol. The number of hydrogen-bond acceptors (Lipinski definition) is 2. The van der Waals surface area contributed by atoms with Crippen molar-refractivity contribution in [3.05, 3.63) is 177 Å². The van der Waals surface area contributed by atoms with Crippen LogP contribution in [0.3, 0.4) is 0 Å². The average molecular weight is 609 g/mol. The largest absolute Gasteiger partial charge is 0.375 e. The number of aryl methyl sites for hydroxylation is 2. The highest BCUT2D eigenvalue weighted by Crippen LogP contribution is 2.49. The molecule has 0 spiro atoms. The molecule has 0 aliphatic heterocycles. The van der Waals surface area contributed by atoms with Crippen molar-refractivity contribution in [1.82, 2.24) is 0 Å². The fourth-order valence-corrected chi connectivity index (χ4v) is 7.18. The Labute approximate surface area is 270 Å². The summed E-state index contributed by atoms with van der Waals surface area (Å²) in [6.07, 6.45) is 2.56. The fourth-order valence-electron chi connectivity index (χ4n) is 7.18. The highest BCUT2D eigenvalue weighted by Gasteiger charge is 2.36. The maximum Gasteiger partial charge on any atom is 0.164 e. The third-order valence-corrected chi connectivity index (χ3v) is 9.43. The number of rotatable bonds is 10. The van der Waals surface area contributed by atoms with Gasteiger partial charge in [-0.15, -0.1) is 0 Å². The minimum Gasteiger partial charge on any atom is -0.375 e. The average Bonchev–Trinajstić information content (AvgIpc) is 3.39. The lowest BCUT2D eigenvalue weighted by Crippen LogP contribution is -2.24. The Bertz CT molecular complexity index is 1980. The topological polar surface area (TPSA) is 24.1 Å². The van der Waals surface area contributed by atoms with E-state index in [1.165, 1.54) is 33.5 Å². The molecule has 7 rings (SSSR count). The van der Waals surface area contributed by atoms with Crippen LogP contribution in [0.1, 0.15) is 70.4 Å². The molecule has 2 nitrogen and oxygen atoms in total. The molecule has 0 saturated carbocycles. The van der Waals surface area contributed by atoms with Gasteiger partial charge in [0.15, 0.2) is 11.6 Å². The van der Waals surface area contributed by atoms with Crippen LogP contribution in [0.4, 0.5) is 20.2 Å². The normalized spacial score (nSPS) is 15.3. The standard InChI is InChI=1S/C42H38F2N2/c1-3-29-18-11-19-30(4-2)39(29)45-41-33-22-12-20-31-21-13-23-34(37(31)33)42(41)46-40-32(24-27-14-7-5-8-15-27)26-36(43)38(44)35(40)25-28-16-9-6-10-17-28/h5-23,26,41-42,45-46H,3-4,24-25H2,1-2H3. The van der Waals surface area contributed by atoms with E-state index >= 15 is 8.78 Å². The first-order valence-electron chi connectivity index (χ1n) is 16.3. The highest BCUT2D eigenvalue weighted by molar-refractivity contribution is 5.93. The summed E-state index contributed by atoms with van der Waals surface area (Å²) in [5.74, 6) is -1.62. The van der Waals surface area contributed by atoms with Gasteiger partial charge in [0.2, 0.25) is 0 Å². The van der Waals surface area contributed by atoms with Gasteiger partial charge in [-0.05, 0) is 75.0 Å². The van der Waals surface area contributed by atoms with Crippen LogP contribution in [0.5, 0.6) is 0 Å². The van der Waals surface area contributed by atoms with Gasteiger partial charge in [0.05, 0.1) is 12.1 Å². The zero-order valence-electron chi connectivity index (χ0n) is 26.3. The van der Waals surface area contributed by atoms with Crippen LogP contribution in [0.2, 0.25) is 0 Å². The molecule has 0 aromatic heterocycles. The first kappa shape index (κ1) is 29.7. The molecule has 0 heterocycles. The highest BCUT2D eigenvalue weighted by atomic mass is 19.2. The van der Waals surface area contributed by atoms with Gasteiger partial charge in [0.1, 0.15) is 0 Å². The van der Waals surface area contributed by atoms with E-state index in [1.54, 1.807) is 0 Å². The second kappa shape index (κ2) is 12.8. The van der Waals surface area contributed by atoms with Gasteiger partial charge >= 0.3 is 0 Å². The molecule has 2 N–H and O–H groups in total. The Morgan fingerprint density at radius 3 is 1.63 bits per heavy atom. The second-order valence-corrected chi connectivity index (χ2v) is 12.2. The SMILES string of the molecule is CCc1cccc(CC)c1NC1c2cccc3cccc(c23)C1Nc1c(Cc2ccccc2)cc(F)c(F)c1Cc1ccccc1. The number of para-hydroxylation sites is 1. The van der Waals surface area contributed by atoms with E-state index in [1.807, 2.05) is 60.7 Å². The van der Waals surface area contributed by atoms with Crippen molar-refractivity contribution in [2.75, 3.05) is 10.6 Å². The predicted octanol–water partition coefficient (Wildman–Crippen LogP) is 10.7. The number of benzene rings is 6. The monoisotopic (exact) mass is 608 g/mol. The Morgan fingerprint density at radius 1 is 0.543 bits per heavy atom. The summed E-state index contributed by atoms with van der Waals surface area (Å²) in [5.41, 5.74) is 9.76. The molecule has 46 heavy (non-hydrogen) atoms. The van der Waals surface area contributed by atoms with E-state index in [0.717, 1.165) is 40.8 Å². The molecule has 0 radical (unpaired) electrons. The minimum absolute atomic E-state index is 0.138. The van der Waals surface area contributed by atoms with Crippen LogP contribution < -0.4 is 10.6 Å². The summed E-state index contributed by atoms with van der Waals surface area (Å²) >= 11 is 0. The molecule has 0 bridgehead atoms. The molecular weight excluding hydrogens is 570 g/mol. The molecule has 6 aromatic carbocycles. The number of halogens is 2. The van der Waals surface area contributed by atoms with Gasteiger partial charge in [-0.3, -0.25) is 0 Å². The molecule has 6 aromatic rings. The summed E-state index contributed by atoms with van der Waals surface area (Å²) in [6, 6.07) is 40.2. The van der Waals surface area contributed by atoms with E-state index in [0.29, 0.717) is 17.7 Å². The van der Waals surface area contributed by atoms with Crippen molar-refractivity contribution in [3.63, 3.8) is 0 Å². The second-order valence-electron chi connectivity index (χ2n) is 12.2. The molecule has 1 aliphatic rings. The Kier molecular flexibility index (Phi) is 8.28. The zero-order valence-corrected chi connectivity index (χ0v) is 26.3. The van der Waals surface area contributed by atoms with Crippen LogP contribution in [0.15, 0.2) is 121 Å². The fraction of sp³-hybridized carbons (Fsp3) is 0.190. The molecule has 0 saturated heterocycles. The molecule has 2 atom stereocenters. The van der Waals surface area contributed by atoms with Gasteiger partial charge in [0.25, 0.3) is 0 Å². The number of nitrogens with one attached hydrogen (secondary N) is 2. The minimum atomic E-state index is -0.821. The van der Waals surface area contributed by atoms with E-state index < -0.39 is 11.6 Å².